The van der Waals surface area contributed by atoms with Gasteiger partial charge in [0.25, 0.3) is 0 Å². The van der Waals surface area contributed by atoms with Crippen molar-refractivity contribution in [2.75, 3.05) is 33.9 Å². The van der Waals surface area contributed by atoms with Crippen LogP contribution in [0.1, 0.15) is 37.8 Å². The minimum absolute atomic E-state index is 0.131. The van der Waals surface area contributed by atoms with Crippen molar-refractivity contribution >= 4 is 23.0 Å². The van der Waals surface area contributed by atoms with Gasteiger partial charge in [-0.15, -0.1) is 0 Å². The van der Waals surface area contributed by atoms with Crippen LogP contribution in [-0.2, 0) is 11.3 Å². The highest BCUT2D eigenvalue weighted by Gasteiger charge is 2.18. The maximum Gasteiger partial charge on any atom is 0.187 e. The van der Waals surface area contributed by atoms with Gasteiger partial charge >= 0.3 is 0 Å². The van der Waals surface area contributed by atoms with Crippen molar-refractivity contribution in [3.63, 3.8) is 0 Å². The van der Waals surface area contributed by atoms with Gasteiger partial charge in [0.1, 0.15) is 12.3 Å². The lowest BCUT2D eigenvalue weighted by atomic mass is 10.1. The van der Waals surface area contributed by atoms with Crippen molar-refractivity contribution in [3.8, 4) is 5.75 Å². The number of hydrazone groups is 1. The summed E-state index contributed by atoms with van der Waals surface area (Å²) >= 11 is 5.27. The van der Waals surface area contributed by atoms with Gasteiger partial charge in [0.05, 0.1) is 32.5 Å². The zero-order chi connectivity index (χ0) is 18.9. The smallest absolute Gasteiger partial charge is 0.187 e. The summed E-state index contributed by atoms with van der Waals surface area (Å²) in [5, 5.41) is 8.03. The molecule has 0 bridgehead atoms. The summed E-state index contributed by atoms with van der Waals surface area (Å²) in [7, 11) is 3.40. The number of likely N-dealkylation sites (tertiary alicyclic amines) is 1. The zero-order valence-corrected chi connectivity index (χ0v) is 17.0. The molecule has 1 aromatic carbocycles. The summed E-state index contributed by atoms with van der Waals surface area (Å²) in [6, 6.07) is 6.36. The van der Waals surface area contributed by atoms with Crippen LogP contribution in [0, 0.1) is 0 Å². The minimum Gasteiger partial charge on any atom is -0.496 e. The molecule has 1 aliphatic heterocycles. The van der Waals surface area contributed by atoms with Crippen molar-refractivity contribution in [3.05, 3.63) is 29.3 Å². The number of ether oxygens (including phenoxy) is 2. The molecule has 1 aliphatic rings. The molecule has 0 unspecified atom stereocenters. The summed E-state index contributed by atoms with van der Waals surface area (Å²) < 4.78 is 10.6. The van der Waals surface area contributed by atoms with Gasteiger partial charge in [0.2, 0.25) is 0 Å². The van der Waals surface area contributed by atoms with E-state index in [1.54, 1.807) is 19.1 Å². The largest absolute Gasteiger partial charge is 0.496 e. The maximum absolute atomic E-state index is 5.54. The van der Waals surface area contributed by atoms with Gasteiger partial charge in [0.15, 0.2) is 5.11 Å². The molecular formula is C19H31N4O2S+. The highest BCUT2D eigenvalue weighted by atomic mass is 32.1. The van der Waals surface area contributed by atoms with E-state index in [1.165, 1.54) is 31.5 Å². The first-order chi connectivity index (χ1) is 12.5. The van der Waals surface area contributed by atoms with Crippen LogP contribution in [-0.4, -0.2) is 50.8 Å². The van der Waals surface area contributed by atoms with Crippen molar-refractivity contribution < 1.29 is 14.4 Å². The lowest BCUT2D eigenvalue weighted by Crippen LogP contribution is -3.08. The van der Waals surface area contributed by atoms with Crippen LogP contribution in [0.25, 0.3) is 0 Å². The zero-order valence-electron chi connectivity index (χ0n) is 16.2. The molecule has 0 amide bonds. The van der Waals surface area contributed by atoms with E-state index in [1.807, 2.05) is 26.0 Å². The third-order valence-corrected chi connectivity index (χ3v) is 4.78. The van der Waals surface area contributed by atoms with Crippen molar-refractivity contribution in [2.24, 2.45) is 5.10 Å². The fourth-order valence-corrected chi connectivity index (χ4v) is 3.46. The van der Waals surface area contributed by atoms with Crippen molar-refractivity contribution in [2.45, 2.75) is 39.3 Å². The second kappa shape index (κ2) is 10.4. The molecule has 0 saturated carbocycles. The van der Waals surface area contributed by atoms with Crippen LogP contribution >= 0.6 is 12.2 Å². The Morgan fingerprint density at radius 2 is 2.04 bits per heavy atom. The number of quaternary nitrogens is 1. The van der Waals surface area contributed by atoms with E-state index in [-0.39, 0.29) is 6.04 Å². The molecule has 144 valence electrons. The number of nitrogens with one attached hydrogen (secondary N) is 3. The Kier molecular flexibility index (Phi) is 8.28. The third-order valence-electron chi connectivity index (χ3n) is 4.57. The lowest BCUT2D eigenvalue weighted by molar-refractivity contribution is -0.901. The summed E-state index contributed by atoms with van der Waals surface area (Å²) in [6.07, 6.45) is 2.63. The van der Waals surface area contributed by atoms with Gasteiger partial charge in [-0.25, -0.2) is 0 Å². The lowest BCUT2D eigenvalue weighted by Gasteiger charge is -2.16. The third kappa shape index (κ3) is 6.23. The van der Waals surface area contributed by atoms with E-state index < -0.39 is 0 Å². The Hall–Kier alpha value is -1.70. The molecule has 3 N–H and O–H groups in total. The van der Waals surface area contributed by atoms with Crippen LogP contribution in [0.2, 0.25) is 0 Å². The van der Waals surface area contributed by atoms with Gasteiger partial charge in [-0.05, 0) is 49.8 Å². The molecule has 0 spiro atoms. The second-order valence-corrected chi connectivity index (χ2v) is 7.21. The Bertz CT molecular complexity index is 630. The molecular weight excluding hydrogens is 348 g/mol. The topological polar surface area (TPSA) is 59.3 Å². The molecule has 7 heteroatoms. The van der Waals surface area contributed by atoms with E-state index in [4.69, 9.17) is 21.7 Å². The Morgan fingerprint density at radius 3 is 2.69 bits per heavy atom. The Morgan fingerprint density at radius 1 is 1.31 bits per heavy atom. The molecule has 2 rings (SSSR count). The van der Waals surface area contributed by atoms with Gasteiger partial charge in [0, 0.05) is 31.6 Å². The molecule has 1 heterocycles. The number of benzene rings is 1. The highest BCUT2D eigenvalue weighted by molar-refractivity contribution is 7.80. The average molecular weight is 380 g/mol. The van der Waals surface area contributed by atoms with E-state index >= 15 is 0 Å². The molecule has 0 radical (unpaired) electrons. The SMILES string of the molecule is COC[C@@H](C)NC(=S)N/N=C(/C)c1ccc(OC)c(C[NH+]2CCCC2)c1. The maximum atomic E-state index is 5.54. The Labute approximate surface area is 161 Å². The first-order valence-corrected chi connectivity index (χ1v) is 9.55. The monoisotopic (exact) mass is 379 g/mol. The number of methoxy groups -OCH3 is 2. The van der Waals surface area contributed by atoms with Gasteiger partial charge in [-0.3, -0.25) is 5.43 Å². The van der Waals surface area contributed by atoms with E-state index in [9.17, 15) is 0 Å². The van der Waals surface area contributed by atoms with Crippen LogP contribution in [0.3, 0.4) is 0 Å². The average Bonchev–Trinajstić information content (AvgIpc) is 3.12. The van der Waals surface area contributed by atoms with E-state index in [0.29, 0.717) is 11.7 Å². The van der Waals surface area contributed by atoms with Crippen molar-refractivity contribution in [1.82, 2.24) is 10.7 Å². The van der Waals surface area contributed by atoms with Gasteiger partial charge < -0.3 is 19.7 Å². The molecule has 6 nitrogen and oxygen atoms in total. The number of hydrogen-bond acceptors (Lipinski definition) is 4. The molecule has 0 aliphatic carbocycles. The second-order valence-electron chi connectivity index (χ2n) is 6.80. The van der Waals surface area contributed by atoms with E-state index in [2.05, 4.69) is 21.9 Å². The number of hydrogen-bond donors (Lipinski definition) is 3. The van der Waals surface area contributed by atoms with Crippen molar-refractivity contribution in [1.29, 1.82) is 0 Å². The van der Waals surface area contributed by atoms with Crippen LogP contribution in [0.5, 0.6) is 5.75 Å². The molecule has 1 atom stereocenters. The minimum atomic E-state index is 0.131. The fraction of sp³-hybridized carbons (Fsp3) is 0.579. The summed E-state index contributed by atoms with van der Waals surface area (Å²) in [5.41, 5.74) is 6.09. The standard InChI is InChI=1S/C19H30N4O2S/c1-14(13-24-3)20-19(26)22-21-15(2)16-7-8-18(25-4)17(11-16)12-23-9-5-6-10-23/h7-8,11,14H,5-6,9-10,12-13H2,1-4H3,(H2,20,22,26)/p+1/b21-15-/t14-/m1/s1. The fourth-order valence-electron chi connectivity index (χ4n) is 3.21. The van der Waals surface area contributed by atoms with Gasteiger partial charge in [-0.1, -0.05) is 0 Å². The molecule has 0 aromatic heterocycles. The number of nitrogens with zero attached hydrogens (tertiary/aromatic N) is 1. The van der Waals surface area contributed by atoms with Crippen LogP contribution in [0.4, 0.5) is 0 Å². The summed E-state index contributed by atoms with van der Waals surface area (Å²) in [4.78, 5) is 1.62. The Balaban J connectivity index is 2.02. The normalized spacial score (nSPS) is 16.4. The predicted molar refractivity (Wildman–Crippen MR) is 109 cm³/mol. The first-order valence-electron chi connectivity index (χ1n) is 9.14. The molecule has 1 saturated heterocycles. The quantitative estimate of drug-likeness (QED) is 0.359. The highest BCUT2D eigenvalue weighted by Crippen LogP contribution is 2.20. The number of thiocarbonyl (C=S) groups is 1. The first kappa shape index (κ1) is 20.6. The van der Waals surface area contributed by atoms with E-state index in [0.717, 1.165) is 23.6 Å². The summed E-state index contributed by atoms with van der Waals surface area (Å²) in [6.45, 7) is 8.04. The predicted octanol–water partition coefficient (Wildman–Crippen LogP) is 1.10. The van der Waals surface area contributed by atoms with Crippen LogP contribution < -0.4 is 20.4 Å². The molecule has 1 aromatic rings. The van der Waals surface area contributed by atoms with Gasteiger partial charge in [-0.2, -0.15) is 5.10 Å². The molecule has 1 fully saturated rings. The van der Waals surface area contributed by atoms with Crippen LogP contribution in [0.15, 0.2) is 23.3 Å². The number of rotatable bonds is 8. The molecule has 26 heavy (non-hydrogen) atoms. The summed E-state index contributed by atoms with van der Waals surface area (Å²) in [5.74, 6) is 0.944.